The summed E-state index contributed by atoms with van der Waals surface area (Å²) in [4.78, 5) is 12.3. The van der Waals surface area contributed by atoms with E-state index in [1.54, 1.807) is 6.07 Å². The Kier molecular flexibility index (Phi) is 2.48. The van der Waals surface area contributed by atoms with Crippen molar-refractivity contribution in [3.05, 3.63) is 18.3 Å². The molecular weight excluding hydrogens is 234 g/mol. The fourth-order valence-corrected chi connectivity index (χ4v) is 1.87. The topological polar surface area (TPSA) is 100.0 Å². The molecule has 0 radical (unpaired) electrons. The summed E-state index contributed by atoms with van der Waals surface area (Å²) < 4.78 is 10.2. The Morgan fingerprint density at radius 3 is 2.89 bits per heavy atom. The number of rotatable bonds is 3. The summed E-state index contributed by atoms with van der Waals surface area (Å²) in [6, 6.07) is 1.65. The van der Waals surface area contributed by atoms with Crippen LogP contribution in [0, 0.1) is 0 Å². The van der Waals surface area contributed by atoms with E-state index in [2.05, 4.69) is 20.1 Å². The predicted molar refractivity (Wildman–Crippen MR) is 61.6 cm³/mol. The van der Waals surface area contributed by atoms with E-state index in [-0.39, 0.29) is 0 Å². The van der Waals surface area contributed by atoms with Crippen LogP contribution in [0.2, 0.25) is 0 Å². The first-order valence-corrected chi connectivity index (χ1v) is 5.71. The lowest BCUT2D eigenvalue weighted by atomic mass is 9.78. The Morgan fingerprint density at radius 2 is 2.22 bits per heavy atom. The Bertz CT molecular complexity index is 564. The third kappa shape index (κ3) is 1.72. The van der Waals surface area contributed by atoms with Crippen LogP contribution in [0.25, 0.3) is 11.5 Å². The van der Waals surface area contributed by atoms with Gasteiger partial charge in [0.25, 0.3) is 0 Å². The van der Waals surface area contributed by atoms with Crippen molar-refractivity contribution in [2.24, 2.45) is 5.73 Å². The first-order valence-electron chi connectivity index (χ1n) is 5.71. The maximum absolute atomic E-state index is 6.12. The molecule has 0 saturated heterocycles. The predicted octanol–water partition coefficient (Wildman–Crippen LogP) is 0.873. The highest BCUT2D eigenvalue weighted by atomic mass is 16.5. The molecule has 0 aromatic carbocycles. The van der Waals surface area contributed by atoms with E-state index in [1.165, 1.54) is 13.4 Å². The lowest BCUT2D eigenvalue weighted by Crippen LogP contribution is -2.43. The van der Waals surface area contributed by atoms with Crippen molar-refractivity contribution >= 4 is 0 Å². The summed E-state index contributed by atoms with van der Waals surface area (Å²) >= 11 is 0. The van der Waals surface area contributed by atoms with Crippen molar-refractivity contribution < 1.29 is 9.26 Å². The molecule has 2 heterocycles. The van der Waals surface area contributed by atoms with Crippen molar-refractivity contribution in [3.8, 4) is 17.4 Å². The van der Waals surface area contributed by atoms with Gasteiger partial charge in [-0.25, -0.2) is 9.97 Å². The van der Waals surface area contributed by atoms with Gasteiger partial charge in [0.1, 0.15) is 12.0 Å². The number of aromatic nitrogens is 4. The summed E-state index contributed by atoms with van der Waals surface area (Å²) in [6.07, 6.45) is 4.24. The smallest absolute Gasteiger partial charge is 0.247 e. The highest BCUT2D eigenvalue weighted by Crippen LogP contribution is 2.38. The molecule has 3 rings (SSSR count). The monoisotopic (exact) mass is 247 g/mol. The number of methoxy groups -OCH3 is 1. The normalized spacial score (nSPS) is 17.2. The average Bonchev–Trinajstić information content (AvgIpc) is 2.86. The number of hydrogen-bond acceptors (Lipinski definition) is 7. The van der Waals surface area contributed by atoms with E-state index in [1.807, 2.05) is 0 Å². The zero-order chi connectivity index (χ0) is 12.6. The summed E-state index contributed by atoms with van der Waals surface area (Å²) in [5.74, 6) is 1.33. The molecule has 1 aliphatic rings. The third-order valence-corrected chi connectivity index (χ3v) is 3.18. The van der Waals surface area contributed by atoms with E-state index in [0.717, 1.165) is 19.3 Å². The van der Waals surface area contributed by atoms with Crippen molar-refractivity contribution in [2.75, 3.05) is 7.11 Å². The maximum atomic E-state index is 6.12. The molecule has 94 valence electrons. The highest BCUT2D eigenvalue weighted by Gasteiger charge is 2.40. The largest absolute Gasteiger partial charge is 0.481 e. The molecule has 1 fully saturated rings. The molecule has 0 amide bonds. The molecule has 2 aromatic heterocycles. The van der Waals surface area contributed by atoms with Crippen LogP contribution in [0.5, 0.6) is 5.88 Å². The summed E-state index contributed by atoms with van der Waals surface area (Å²) in [5, 5.41) is 3.90. The van der Waals surface area contributed by atoms with Gasteiger partial charge in [-0.2, -0.15) is 4.98 Å². The number of nitrogens with two attached hydrogens (primary N) is 1. The van der Waals surface area contributed by atoms with Crippen LogP contribution in [0.4, 0.5) is 0 Å². The number of nitrogens with zero attached hydrogens (tertiary/aromatic N) is 4. The van der Waals surface area contributed by atoms with Gasteiger partial charge in [-0.3, -0.25) is 0 Å². The zero-order valence-electron chi connectivity index (χ0n) is 9.96. The van der Waals surface area contributed by atoms with Gasteiger partial charge in [0.05, 0.1) is 12.6 Å². The van der Waals surface area contributed by atoms with Crippen molar-refractivity contribution in [2.45, 2.75) is 24.8 Å². The minimum absolute atomic E-state index is 0.405. The van der Waals surface area contributed by atoms with Gasteiger partial charge in [0, 0.05) is 6.07 Å². The standard InChI is InChI=1S/C11H13N5O2/c1-17-8-5-7(13-6-14-8)9-15-10(18-16-9)11(12)3-2-4-11/h5-6H,2-4,12H2,1H3. The fourth-order valence-electron chi connectivity index (χ4n) is 1.87. The van der Waals surface area contributed by atoms with Gasteiger partial charge in [0.2, 0.25) is 17.6 Å². The number of ether oxygens (including phenoxy) is 1. The molecule has 0 atom stereocenters. The van der Waals surface area contributed by atoms with Gasteiger partial charge >= 0.3 is 0 Å². The van der Waals surface area contributed by atoms with E-state index in [0.29, 0.717) is 23.3 Å². The SMILES string of the molecule is COc1cc(-c2noc(C3(N)CCC3)n2)ncn1. The van der Waals surface area contributed by atoms with Crippen LogP contribution in [0.1, 0.15) is 25.2 Å². The number of hydrogen-bond donors (Lipinski definition) is 1. The Morgan fingerprint density at radius 1 is 1.39 bits per heavy atom. The van der Waals surface area contributed by atoms with Crippen LogP contribution in [0.15, 0.2) is 16.9 Å². The summed E-state index contributed by atoms with van der Waals surface area (Å²) in [5.41, 5.74) is 6.22. The van der Waals surface area contributed by atoms with E-state index >= 15 is 0 Å². The van der Waals surface area contributed by atoms with Gasteiger partial charge in [-0.05, 0) is 19.3 Å². The zero-order valence-corrected chi connectivity index (χ0v) is 9.96. The fraction of sp³-hybridized carbons (Fsp3) is 0.455. The second kappa shape index (κ2) is 4.02. The van der Waals surface area contributed by atoms with E-state index in [9.17, 15) is 0 Å². The minimum atomic E-state index is -0.456. The van der Waals surface area contributed by atoms with Crippen LogP contribution >= 0.6 is 0 Å². The Labute approximate surface area is 103 Å². The lowest BCUT2D eigenvalue weighted by Gasteiger charge is -2.33. The average molecular weight is 247 g/mol. The Balaban J connectivity index is 1.92. The Hall–Kier alpha value is -2.02. The third-order valence-electron chi connectivity index (χ3n) is 3.18. The summed E-state index contributed by atoms with van der Waals surface area (Å²) in [7, 11) is 1.54. The molecule has 1 saturated carbocycles. The van der Waals surface area contributed by atoms with Gasteiger partial charge < -0.3 is 15.0 Å². The molecule has 0 spiro atoms. The molecule has 2 aromatic rings. The lowest BCUT2D eigenvalue weighted by molar-refractivity contribution is 0.181. The van der Waals surface area contributed by atoms with Crippen LogP contribution in [-0.2, 0) is 5.54 Å². The molecular formula is C11H13N5O2. The van der Waals surface area contributed by atoms with Gasteiger partial charge in [0.15, 0.2) is 0 Å². The summed E-state index contributed by atoms with van der Waals surface area (Å²) in [6.45, 7) is 0. The highest BCUT2D eigenvalue weighted by molar-refractivity contribution is 5.49. The molecule has 0 aliphatic heterocycles. The van der Waals surface area contributed by atoms with Gasteiger partial charge in [-0.15, -0.1) is 0 Å². The second-order valence-electron chi connectivity index (χ2n) is 4.38. The quantitative estimate of drug-likeness (QED) is 0.858. The van der Waals surface area contributed by atoms with Crippen molar-refractivity contribution in [3.63, 3.8) is 0 Å². The van der Waals surface area contributed by atoms with Crippen LogP contribution in [-0.4, -0.2) is 27.2 Å². The molecule has 0 bridgehead atoms. The molecule has 0 unspecified atom stereocenters. The van der Waals surface area contributed by atoms with E-state index in [4.69, 9.17) is 15.0 Å². The second-order valence-corrected chi connectivity index (χ2v) is 4.38. The first kappa shape index (κ1) is 11.1. The van der Waals surface area contributed by atoms with Crippen molar-refractivity contribution in [1.29, 1.82) is 0 Å². The van der Waals surface area contributed by atoms with Crippen LogP contribution < -0.4 is 10.5 Å². The van der Waals surface area contributed by atoms with E-state index < -0.39 is 5.54 Å². The molecule has 7 nitrogen and oxygen atoms in total. The molecule has 2 N–H and O–H groups in total. The van der Waals surface area contributed by atoms with Crippen molar-refractivity contribution in [1.82, 2.24) is 20.1 Å². The first-order chi connectivity index (χ1) is 8.71. The molecule has 7 heteroatoms. The molecule has 18 heavy (non-hydrogen) atoms. The molecule has 1 aliphatic carbocycles. The maximum Gasteiger partial charge on any atom is 0.247 e. The van der Waals surface area contributed by atoms with Crippen LogP contribution in [0.3, 0.4) is 0 Å². The van der Waals surface area contributed by atoms with Gasteiger partial charge in [-0.1, -0.05) is 5.16 Å². The minimum Gasteiger partial charge on any atom is -0.481 e.